The molecule has 4 heteroatoms. The molecule has 1 unspecified atom stereocenters. The third-order valence-corrected chi connectivity index (χ3v) is 6.66. The van der Waals surface area contributed by atoms with Gasteiger partial charge in [0.05, 0.1) is 11.5 Å². The van der Waals surface area contributed by atoms with E-state index in [2.05, 4.69) is 105 Å². The maximum absolute atomic E-state index is 9.78. The maximum atomic E-state index is 9.78. The molecular weight excluding hydrogens is 428 g/mol. The van der Waals surface area contributed by atoms with E-state index in [1.165, 1.54) is 23.7 Å². The van der Waals surface area contributed by atoms with Gasteiger partial charge >= 0.3 is 0 Å². The number of allylic oxidation sites excluding steroid dienone is 6. The van der Waals surface area contributed by atoms with Crippen molar-refractivity contribution in [1.82, 2.24) is 10.2 Å². The molecule has 2 aliphatic heterocycles. The summed E-state index contributed by atoms with van der Waals surface area (Å²) in [5.41, 5.74) is 13.1. The first-order valence-corrected chi connectivity index (χ1v) is 12.4. The Hall–Kier alpha value is -3.09. The van der Waals surface area contributed by atoms with Gasteiger partial charge in [-0.05, 0) is 77.5 Å². The summed E-state index contributed by atoms with van der Waals surface area (Å²) >= 11 is 0. The maximum Gasteiger partial charge on any atom is 0.0697 e. The minimum atomic E-state index is -0.170. The predicted octanol–water partition coefficient (Wildman–Crippen LogP) is 6.17. The number of dihydropyridines is 1. The summed E-state index contributed by atoms with van der Waals surface area (Å²) in [5.74, 6) is 0.367. The second kappa shape index (κ2) is 15.7. The molecule has 0 spiro atoms. The standard InChI is InChI=1S/C17H24N2.C13H15N.CH5N/c1-4-16(15-7-5-14(2)6-8-15)17(13-18)9-11-19(3)12-10-17;1-4-7-11(3)13-12(8-5-2)9-6-10-14-13;1-2/h5-8,16H,4,9-12H2,1-3H3;4,6-9,14H,1-2,10H2,3H3;2H2,1H3/b;11-7+;. The van der Waals surface area contributed by atoms with Crippen LogP contribution in [0.2, 0.25) is 0 Å². The van der Waals surface area contributed by atoms with Crippen LogP contribution in [0.5, 0.6) is 0 Å². The lowest BCUT2D eigenvalue weighted by Crippen LogP contribution is -2.40. The number of hydrogen-bond donors (Lipinski definition) is 2. The average Bonchev–Trinajstić information content (AvgIpc) is 2.89. The third-order valence-electron chi connectivity index (χ3n) is 6.66. The molecule has 4 nitrogen and oxygen atoms in total. The second-order valence-corrected chi connectivity index (χ2v) is 8.99. The summed E-state index contributed by atoms with van der Waals surface area (Å²) in [6.45, 7) is 16.6. The molecule has 35 heavy (non-hydrogen) atoms. The van der Waals surface area contributed by atoms with Crippen LogP contribution in [0, 0.1) is 23.7 Å². The van der Waals surface area contributed by atoms with Crippen molar-refractivity contribution in [2.45, 2.75) is 46.0 Å². The number of nitrogens with two attached hydrogens (primary N) is 1. The summed E-state index contributed by atoms with van der Waals surface area (Å²) in [6, 6.07) is 11.4. The van der Waals surface area contributed by atoms with Crippen LogP contribution in [0.1, 0.15) is 50.2 Å². The highest BCUT2D eigenvalue weighted by molar-refractivity contribution is 5.46. The minimum absolute atomic E-state index is 0.170. The van der Waals surface area contributed by atoms with Gasteiger partial charge in [0.1, 0.15) is 0 Å². The molecule has 188 valence electrons. The van der Waals surface area contributed by atoms with Gasteiger partial charge in [0.2, 0.25) is 0 Å². The van der Waals surface area contributed by atoms with Crippen LogP contribution in [-0.2, 0) is 0 Å². The zero-order valence-electron chi connectivity index (χ0n) is 22.4. The Morgan fingerprint density at radius 1 is 1.26 bits per heavy atom. The van der Waals surface area contributed by atoms with Crippen molar-refractivity contribution in [3.8, 4) is 6.07 Å². The second-order valence-electron chi connectivity index (χ2n) is 8.99. The van der Waals surface area contributed by atoms with Gasteiger partial charge in [-0.3, -0.25) is 0 Å². The normalized spacial score (nSPS) is 17.8. The Labute approximate surface area is 213 Å². The third kappa shape index (κ3) is 8.57. The molecule has 2 heterocycles. The lowest BCUT2D eigenvalue weighted by Gasteiger charge is -2.41. The first-order valence-electron chi connectivity index (χ1n) is 12.4. The fourth-order valence-electron chi connectivity index (χ4n) is 4.69. The summed E-state index contributed by atoms with van der Waals surface area (Å²) < 4.78 is 0. The molecule has 1 fully saturated rings. The SMILES string of the molecule is C=C=CC1=C(/C(C)=C/C=C)NCC=C1.CCC(c1ccc(C)cc1)C1(C#N)CCN(C)CC1.CN. The molecule has 0 saturated carbocycles. The zero-order chi connectivity index (χ0) is 26.3. The highest BCUT2D eigenvalue weighted by Crippen LogP contribution is 2.45. The molecule has 1 saturated heterocycles. The zero-order valence-corrected chi connectivity index (χ0v) is 22.4. The fraction of sp³-hybridized carbons (Fsp3) is 0.419. The Morgan fingerprint density at radius 2 is 1.89 bits per heavy atom. The number of rotatable bonds is 6. The van der Waals surface area contributed by atoms with Gasteiger partial charge in [-0.1, -0.05) is 74.2 Å². The van der Waals surface area contributed by atoms with Gasteiger partial charge in [-0.15, -0.1) is 5.73 Å². The Balaban J connectivity index is 0.000000341. The number of nitrogens with zero attached hydrogens (tertiary/aromatic N) is 2. The molecule has 1 atom stereocenters. The molecule has 1 aromatic carbocycles. The van der Waals surface area contributed by atoms with Crippen molar-refractivity contribution < 1.29 is 0 Å². The number of aryl methyl sites for hydroxylation is 1. The number of nitrogens with one attached hydrogen (secondary N) is 1. The highest BCUT2D eigenvalue weighted by atomic mass is 15.1. The molecule has 0 aromatic heterocycles. The lowest BCUT2D eigenvalue weighted by atomic mass is 9.66. The van der Waals surface area contributed by atoms with E-state index in [0.29, 0.717) is 5.92 Å². The quantitative estimate of drug-likeness (QED) is 0.384. The van der Waals surface area contributed by atoms with E-state index >= 15 is 0 Å². The first kappa shape index (κ1) is 29.9. The number of likely N-dealkylation sites (tertiary alicyclic amines) is 1. The Bertz CT molecular complexity index is 974. The van der Waals surface area contributed by atoms with Crippen LogP contribution in [-0.4, -0.2) is 38.6 Å². The molecule has 3 N–H and O–H groups in total. The predicted molar refractivity (Wildman–Crippen MR) is 151 cm³/mol. The summed E-state index contributed by atoms with van der Waals surface area (Å²) in [4.78, 5) is 2.33. The van der Waals surface area contributed by atoms with Gasteiger partial charge < -0.3 is 16.0 Å². The van der Waals surface area contributed by atoms with Gasteiger partial charge in [0, 0.05) is 23.7 Å². The van der Waals surface area contributed by atoms with Gasteiger partial charge in [-0.25, -0.2) is 0 Å². The van der Waals surface area contributed by atoms with Crippen molar-refractivity contribution >= 4 is 0 Å². The van der Waals surface area contributed by atoms with Crippen LogP contribution in [0.3, 0.4) is 0 Å². The number of piperidine rings is 1. The van der Waals surface area contributed by atoms with E-state index < -0.39 is 0 Å². The van der Waals surface area contributed by atoms with Crippen LogP contribution in [0.4, 0.5) is 0 Å². The largest absolute Gasteiger partial charge is 0.381 e. The topological polar surface area (TPSA) is 65.1 Å². The van der Waals surface area contributed by atoms with Crippen molar-refractivity contribution in [2.75, 3.05) is 33.7 Å². The summed E-state index contributed by atoms with van der Waals surface area (Å²) in [5, 5.41) is 13.1. The van der Waals surface area contributed by atoms with Crippen molar-refractivity contribution in [1.29, 1.82) is 5.26 Å². The van der Waals surface area contributed by atoms with Gasteiger partial charge in [0.15, 0.2) is 0 Å². The Kier molecular flexibility index (Phi) is 13.5. The summed E-state index contributed by atoms with van der Waals surface area (Å²) in [6.07, 6.45) is 12.8. The molecule has 0 radical (unpaired) electrons. The van der Waals surface area contributed by atoms with Gasteiger partial charge in [0.25, 0.3) is 0 Å². The molecular formula is C31H44N4. The fourth-order valence-corrected chi connectivity index (χ4v) is 4.69. The van der Waals surface area contributed by atoms with E-state index in [4.69, 9.17) is 0 Å². The van der Waals surface area contributed by atoms with Gasteiger partial charge in [-0.2, -0.15) is 5.26 Å². The lowest BCUT2D eigenvalue weighted by molar-refractivity contribution is 0.141. The monoisotopic (exact) mass is 472 g/mol. The molecule has 0 bridgehead atoms. The van der Waals surface area contributed by atoms with Crippen LogP contribution < -0.4 is 11.1 Å². The molecule has 0 aliphatic carbocycles. The van der Waals surface area contributed by atoms with E-state index in [9.17, 15) is 5.26 Å². The first-order chi connectivity index (χ1) is 16.9. The van der Waals surface area contributed by atoms with Crippen molar-refractivity contribution in [3.63, 3.8) is 0 Å². The van der Waals surface area contributed by atoms with E-state index in [1.807, 2.05) is 12.2 Å². The van der Waals surface area contributed by atoms with E-state index in [0.717, 1.165) is 50.2 Å². The molecule has 1 aromatic rings. The minimum Gasteiger partial charge on any atom is -0.381 e. The van der Waals surface area contributed by atoms with E-state index in [1.54, 1.807) is 6.08 Å². The number of nitriles is 1. The van der Waals surface area contributed by atoms with Crippen LogP contribution in [0.25, 0.3) is 0 Å². The summed E-state index contributed by atoms with van der Waals surface area (Å²) in [7, 11) is 3.65. The highest BCUT2D eigenvalue weighted by Gasteiger charge is 2.41. The van der Waals surface area contributed by atoms with Crippen LogP contribution in [0.15, 0.2) is 90.4 Å². The molecule has 3 rings (SSSR count). The van der Waals surface area contributed by atoms with Crippen molar-refractivity contribution in [3.05, 3.63) is 102 Å². The molecule has 0 amide bonds. The Morgan fingerprint density at radius 3 is 2.40 bits per heavy atom. The van der Waals surface area contributed by atoms with E-state index in [-0.39, 0.29) is 5.41 Å². The smallest absolute Gasteiger partial charge is 0.0697 e. The number of hydrogen-bond acceptors (Lipinski definition) is 4. The average molecular weight is 473 g/mol. The molecule has 2 aliphatic rings. The van der Waals surface area contributed by atoms with Crippen LogP contribution >= 0.6 is 0 Å². The number of benzene rings is 1. The van der Waals surface area contributed by atoms with Crippen molar-refractivity contribution in [2.24, 2.45) is 11.1 Å².